The van der Waals surface area contributed by atoms with Crippen LogP contribution < -0.4 is 5.73 Å². The van der Waals surface area contributed by atoms with Gasteiger partial charge in [0.25, 0.3) is 5.91 Å². The number of rotatable bonds is 4. The third-order valence-electron chi connectivity index (χ3n) is 6.38. The highest BCUT2D eigenvalue weighted by Crippen LogP contribution is 2.47. The highest BCUT2D eigenvalue weighted by molar-refractivity contribution is 6.05. The summed E-state index contributed by atoms with van der Waals surface area (Å²) in [6.45, 7) is 4.77. The van der Waals surface area contributed by atoms with Crippen LogP contribution in [-0.2, 0) is 5.41 Å². The fraction of sp³-hybridized carbons (Fsp3) is 0.450. The van der Waals surface area contributed by atoms with Gasteiger partial charge in [0.15, 0.2) is 5.65 Å². The number of nitriles is 1. The second-order valence-corrected chi connectivity index (χ2v) is 8.56. The summed E-state index contributed by atoms with van der Waals surface area (Å²) in [6.07, 6.45) is 4.83. The third kappa shape index (κ3) is 2.43. The van der Waals surface area contributed by atoms with Gasteiger partial charge in [-0.25, -0.2) is 13.9 Å². The Kier molecular flexibility index (Phi) is 3.41. The molecule has 0 radical (unpaired) electrons. The number of amides is 1. The van der Waals surface area contributed by atoms with Crippen molar-refractivity contribution in [2.45, 2.75) is 31.6 Å². The first-order chi connectivity index (χ1) is 13.3. The molecule has 3 heterocycles. The molecule has 0 spiro atoms. The minimum atomic E-state index is -0.688. The van der Waals surface area contributed by atoms with Crippen molar-refractivity contribution >= 4 is 22.6 Å². The lowest BCUT2D eigenvalue weighted by Gasteiger charge is -2.24. The van der Waals surface area contributed by atoms with Crippen molar-refractivity contribution in [3.05, 3.63) is 35.3 Å². The van der Waals surface area contributed by atoms with Gasteiger partial charge in [-0.05, 0) is 31.9 Å². The Hall–Kier alpha value is -2.92. The molecule has 3 aromatic rings. The summed E-state index contributed by atoms with van der Waals surface area (Å²) in [6, 6.07) is 4.93. The molecule has 2 fully saturated rings. The number of primary amides is 1. The second-order valence-electron chi connectivity index (χ2n) is 8.56. The lowest BCUT2D eigenvalue weighted by molar-refractivity contribution is 0.100. The number of hydrogen-bond donors (Lipinski definition) is 2. The lowest BCUT2D eigenvalue weighted by atomic mass is 9.83. The average Bonchev–Trinajstić information content (AvgIpc) is 2.95. The van der Waals surface area contributed by atoms with Gasteiger partial charge in [-0.15, -0.1) is 0 Å². The molecule has 7 nitrogen and oxygen atoms in total. The SMILES string of the molecule is CC1(c2c[nH]n3c2nc2cc(F)cc(C(N)=O)c23)CCN(CC2(C#N)CC2)C1. The molecule has 1 saturated heterocycles. The van der Waals surface area contributed by atoms with E-state index in [1.807, 2.05) is 6.20 Å². The molecule has 1 amide bonds. The summed E-state index contributed by atoms with van der Waals surface area (Å²) < 4.78 is 15.6. The maximum Gasteiger partial charge on any atom is 0.251 e. The Bertz CT molecular complexity index is 1170. The number of H-pyrrole nitrogens is 1. The average molecular weight is 380 g/mol. The number of aromatic nitrogens is 3. The predicted octanol–water partition coefficient (Wildman–Crippen LogP) is 2.32. The number of carbonyl (C=O) groups excluding carboxylic acids is 1. The van der Waals surface area contributed by atoms with E-state index in [0.29, 0.717) is 16.7 Å². The van der Waals surface area contributed by atoms with Crippen LogP contribution in [-0.4, -0.2) is 45.0 Å². The van der Waals surface area contributed by atoms with E-state index in [2.05, 4.69) is 28.0 Å². The zero-order chi connectivity index (χ0) is 19.7. The number of hydrogen-bond acceptors (Lipinski definition) is 4. The number of aromatic amines is 1. The molecule has 28 heavy (non-hydrogen) atoms. The molecule has 5 rings (SSSR count). The number of halogens is 1. The number of nitrogens with two attached hydrogens (primary N) is 1. The molecule has 0 bridgehead atoms. The van der Waals surface area contributed by atoms with Crippen molar-refractivity contribution in [2.75, 3.05) is 19.6 Å². The van der Waals surface area contributed by atoms with Crippen molar-refractivity contribution in [1.82, 2.24) is 19.5 Å². The predicted molar refractivity (Wildman–Crippen MR) is 101 cm³/mol. The number of imidazole rings is 1. The van der Waals surface area contributed by atoms with Crippen LogP contribution in [0.2, 0.25) is 0 Å². The Morgan fingerprint density at radius 2 is 2.21 bits per heavy atom. The van der Waals surface area contributed by atoms with Crippen LogP contribution in [0.5, 0.6) is 0 Å². The summed E-state index contributed by atoms with van der Waals surface area (Å²) in [5.41, 5.74) is 7.89. The molecule has 144 valence electrons. The molecule has 1 atom stereocenters. The van der Waals surface area contributed by atoms with Crippen LogP contribution in [0.3, 0.4) is 0 Å². The molecule has 1 saturated carbocycles. The summed E-state index contributed by atoms with van der Waals surface area (Å²) in [5.74, 6) is -1.22. The molecule has 8 heteroatoms. The molecular weight excluding hydrogens is 359 g/mol. The van der Waals surface area contributed by atoms with E-state index in [4.69, 9.17) is 5.73 Å². The van der Waals surface area contributed by atoms with Gasteiger partial charge in [0, 0.05) is 36.3 Å². The van der Waals surface area contributed by atoms with Gasteiger partial charge in [-0.3, -0.25) is 9.89 Å². The van der Waals surface area contributed by atoms with Crippen LogP contribution in [0.1, 0.15) is 42.1 Å². The first kappa shape index (κ1) is 17.2. The molecular formula is C20H21FN6O. The number of nitrogens with one attached hydrogen (secondary N) is 1. The summed E-state index contributed by atoms with van der Waals surface area (Å²) in [4.78, 5) is 18.8. The van der Waals surface area contributed by atoms with Gasteiger partial charge in [0.05, 0.1) is 22.6 Å². The number of likely N-dealkylation sites (tertiary alicyclic amines) is 1. The van der Waals surface area contributed by atoms with E-state index < -0.39 is 11.7 Å². The Labute approximate surface area is 160 Å². The first-order valence-corrected chi connectivity index (χ1v) is 9.47. The Morgan fingerprint density at radius 3 is 2.89 bits per heavy atom. The van der Waals surface area contributed by atoms with Crippen molar-refractivity contribution in [3.8, 4) is 6.07 Å². The van der Waals surface area contributed by atoms with Gasteiger partial charge in [0.1, 0.15) is 11.3 Å². The molecule has 1 unspecified atom stereocenters. The molecule has 1 aromatic carbocycles. The smallest absolute Gasteiger partial charge is 0.251 e. The lowest BCUT2D eigenvalue weighted by Crippen LogP contribution is -2.32. The largest absolute Gasteiger partial charge is 0.366 e. The second kappa shape index (κ2) is 5.55. The zero-order valence-corrected chi connectivity index (χ0v) is 15.6. The number of nitrogens with zero attached hydrogens (tertiary/aromatic N) is 4. The van der Waals surface area contributed by atoms with Crippen LogP contribution in [0.4, 0.5) is 4.39 Å². The van der Waals surface area contributed by atoms with Crippen molar-refractivity contribution in [2.24, 2.45) is 11.1 Å². The fourth-order valence-corrected chi connectivity index (χ4v) is 4.60. The highest BCUT2D eigenvalue weighted by Gasteiger charge is 2.47. The minimum Gasteiger partial charge on any atom is -0.366 e. The van der Waals surface area contributed by atoms with Gasteiger partial charge in [0.2, 0.25) is 0 Å². The minimum absolute atomic E-state index is 0.110. The topological polar surface area (TPSA) is 103 Å². The standard InChI is InChI=1S/C20H21FN6O/c1-19(4-5-26(10-19)11-20(9-22)2-3-20)14-8-24-27-16-13(17(23)28)6-12(21)7-15(16)25-18(14)27/h6-8,24H,2-5,10-11H2,1H3,(H2,23,28). The summed E-state index contributed by atoms with van der Waals surface area (Å²) in [5, 5.41) is 12.6. The quantitative estimate of drug-likeness (QED) is 0.725. The Balaban J connectivity index is 1.56. The zero-order valence-electron chi connectivity index (χ0n) is 15.6. The molecule has 1 aliphatic heterocycles. The maximum atomic E-state index is 13.9. The van der Waals surface area contributed by atoms with Crippen LogP contribution in [0.15, 0.2) is 18.3 Å². The number of fused-ring (bicyclic) bond motifs is 3. The van der Waals surface area contributed by atoms with Crippen molar-refractivity contribution < 1.29 is 9.18 Å². The van der Waals surface area contributed by atoms with E-state index >= 15 is 0 Å². The summed E-state index contributed by atoms with van der Waals surface area (Å²) in [7, 11) is 0. The molecule has 1 aliphatic carbocycles. The number of carbonyl (C=O) groups is 1. The van der Waals surface area contributed by atoms with Crippen LogP contribution in [0.25, 0.3) is 16.7 Å². The van der Waals surface area contributed by atoms with E-state index in [9.17, 15) is 14.4 Å². The van der Waals surface area contributed by atoms with E-state index in [-0.39, 0.29) is 16.4 Å². The van der Waals surface area contributed by atoms with Crippen molar-refractivity contribution in [1.29, 1.82) is 5.26 Å². The number of benzene rings is 1. The monoisotopic (exact) mass is 380 g/mol. The van der Waals surface area contributed by atoms with Crippen LogP contribution in [0, 0.1) is 22.6 Å². The highest BCUT2D eigenvalue weighted by atomic mass is 19.1. The Morgan fingerprint density at radius 1 is 1.43 bits per heavy atom. The molecule has 2 aliphatic rings. The first-order valence-electron chi connectivity index (χ1n) is 9.47. The van der Waals surface area contributed by atoms with Crippen LogP contribution >= 0.6 is 0 Å². The fourth-order valence-electron chi connectivity index (χ4n) is 4.60. The van der Waals surface area contributed by atoms with E-state index in [0.717, 1.165) is 50.5 Å². The normalized spacial score (nSPS) is 24.0. The molecule has 3 N–H and O–H groups in total. The van der Waals surface area contributed by atoms with Gasteiger partial charge >= 0.3 is 0 Å². The van der Waals surface area contributed by atoms with E-state index in [1.54, 1.807) is 4.52 Å². The van der Waals surface area contributed by atoms with E-state index in [1.165, 1.54) is 6.07 Å². The van der Waals surface area contributed by atoms with Crippen molar-refractivity contribution in [3.63, 3.8) is 0 Å². The van der Waals surface area contributed by atoms with Gasteiger partial charge in [-0.1, -0.05) is 6.92 Å². The maximum absolute atomic E-state index is 13.9. The van der Waals surface area contributed by atoms with Gasteiger partial charge < -0.3 is 10.6 Å². The summed E-state index contributed by atoms with van der Waals surface area (Å²) >= 11 is 0. The van der Waals surface area contributed by atoms with Gasteiger partial charge in [-0.2, -0.15) is 5.26 Å². The third-order valence-corrected chi connectivity index (χ3v) is 6.38. The molecule has 2 aromatic heterocycles.